The van der Waals surface area contributed by atoms with Gasteiger partial charge >= 0.3 is 0 Å². The summed E-state index contributed by atoms with van der Waals surface area (Å²) in [7, 11) is 0. The molecule has 0 aliphatic heterocycles. The van der Waals surface area contributed by atoms with E-state index in [0.717, 1.165) is 11.1 Å². The molecule has 2 aromatic rings. The van der Waals surface area contributed by atoms with E-state index in [1.807, 2.05) is 0 Å². The van der Waals surface area contributed by atoms with Crippen LogP contribution in [0.3, 0.4) is 0 Å². The fraction of sp³-hybridized carbons (Fsp3) is 0.0714. The quantitative estimate of drug-likeness (QED) is 0.759. The summed E-state index contributed by atoms with van der Waals surface area (Å²) in [6, 6.07) is 7.99. The number of nitrogen functional groups attached to an aromatic ring is 1. The average molecular weight is 226 g/mol. The fourth-order valence-electron chi connectivity index (χ4n) is 1.50. The van der Waals surface area contributed by atoms with Gasteiger partial charge in [0.05, 0.1) is 5.69 Å². The number of aromatic nitrogens is 1. The standard InChI is InChI=1S/C14H11FN2/c1-2-3-14-13(16)8-11(9-17-14)10-4-6-12(15)7-5-10/h4-9H,16H2,1H3. The molecule has 0 amide bonds. The van der Waals surface area contributed by atoms with Gasteiger partial charge < -0.3 is 5.73 Å². The predicted octanol–water partition coefficient (Wildman–Crippen LogP) is 2.84. The summed E-state index contributed by atoms with van der Waals surface area (Å²) < 4.78 is 12.8. The summed E-state index contributed by atoms with van der Waals surface area (Å²) in [5, 5.41) is 0. The van der Waals surface area contributed by atoms with Crippen molar-refractivity contribution in [3.63, 3.8) is 0 Å². The van der Waals surface area contributed by atoms with Crippen LogP contribution in [0.2, 0.25) is 0 Å². The molecule has 0 aliphatic carbocycles. The Balaban J connectivity index is 2.43. The molecule has 0 unspecified atom stereocenters. The smallest absolute Gasteiger partial charge is 0.136 e. The van der Waals surface area contributed by atoms with Gasteiger partial charge in [0.2, 0.25) is 0 Å². The van der Waals surface area contributed by atoms with Gasteiger partial charge in [-0.05, 0) is 36.6 Å². The van der Waals surface area contributed by atoms with Crippen molar-refractivity contribution in [1.82, 2.24) is 4.98 Å². The largest absolute Gasteiger partial charge is 0.396 e. The first-order valence-corrected chi connectivity index (χ1v) is 5.15. The predicted molar refractivity (Wildman–Crippen MR) is 66.6 cm³/mol. The van der Waals surface area contributed by atoms with Crippen molar-refractivity contribution in [2.24, 2.45) is 0 Å². The third-order valence-electron chi connectivity index (χ3n) is 2.34. The Morgan fingerprint density at radius 3 is 2.47 bits per heavy atom. The summed E-state index contributed by atoms with van der Waals surface area (Å²) in [4.78, 5) is 4.17. The monoisotopic (exact) mass is 226 g/mol. The number of rotatable bonds is 1. The fourth-order valence-corrected chi connectivity index (χ4v) is 1.50. The summed E-state index contributed by atoms with van der Waals surface area (Å²) >= 11 is 0. The van der Waals surface area contributed by atoms with E-state index >= 15 is 0 Å². The first-order chi connectivity index (χ1) is 8.20. The highest BCUT2D eigenvalue weighted by Gasteiger charge is 2.02. The second-order valence-electron chi connectivity index (χ2n) is 3.54. The number of anilines is 1. The minimum Gasteiger partial charge on any atom is -0.396 e. The van der Waals surface area contributed by atoms with Crippen molar-refractivity contribution in [3.05, 3.63) is 48.0 Å². The topological polar surface area (TPSA) is 38.9 Å². The molecule has 0 radical (unpaired) electrons. The molecule has 0 aliphatic rings. The van der Waals surface area contributed by atoms with Crippen molar-refractivity contribution < 1.29 is 4.39 Å². The van der Waals surface area contributed by atoms with Gasteiger partial charge in [-0.1, -0.05) is 18.1 Å². The number of benzene rings is 1. The lowest BCUT2D eigenvalue weighted by Crippen LogP contribution is -1.94. The van der Waals surface area contributed by atoms with Gasteiger partial charge in [0.25, 0.3) is 0 Å². The summed E-state index contributed by atoms with van der Waals surface area (Å²) in [6.45, 7) is 1.73. The Kier molecular flexibility index (Phi) is 3.06. The van der Waals surface area contributed by atoms with Gasteiger partial charge in [-0.2, -0.15) is 0 Å². The Morgan fingerprint density at radius 2 is 1.88 bits per heavy atom. The molecule has 1 heterocycles. The number of nitrogens with two attached hydrogens (primary N) is 1. The first-order valence-electron chi connectivity index (χ1n) is 5.15. The Morgan fingerprint density at radius 1 is 1.18 bits per heavy atom. The first kappa shape index (κ1) is 11.2. The molecule has 2 N–H and O–H groups in total. The van der Waals surface area contributed by atoms with E-state index in [-0.39, 0.29) is 5.82 Å². The van der Waals surface area contributed by atoms with Crippen LogP contribution in [0.25, 0.3) is 11.1 Å². The molecular weight excluding hydrogens is 215 g/mol. The van der Waals surface area contributed by atoms with E-state index in [4.69, 9.17) is 5.73 Å². The Bertz CT molecular complexity index is 592. The van der Waals surface area contributed by atoms with Crippen LogP contribution in [-0.2, 0) is 0 Å². The van der Waals surface area contributed by atoms with E-state index in [2.05, 4.69) is 16.8 Å². The molecule has 0 spiro atoms. The van der Waals surface area contributed by atoms with Crippen LogP contribution in [0.15, 0.2) is 36.5 Å². The molecule has 0 bridgehead atoms. The molecule has 17 heavy (non-hydrogen) atoms. The molecule has 0 atom stereocenters. The maximum absolute atomic E-state index is 12.8. The van der Waals surface area contributed by atoms with Crippen molar-refractivity contribution in [2.75, 3.05) is 5.73 Å². The maximum Gasteiger partial charge on any atom is 0.136 e. The molecule has 0 saturated heterocycles. The molecule has 2 rings (SSSR count). The highest BCUT2D eigenvalue weighted by atomic mass is 19.1. The van der Waals surface area contributed by atoms with Gasteiger partial charge in [-0.3, -0.25) is 0 Å². The van der Waals surface area contributed by atoms with Crippen LogP contribution < -0.4 is 5.73 Å². The van der Waals surface area contributed by atoms with Crippen LogP contribution in [0.5, 0.6) is 0 Å². The zero-order chi connectivity index (χ0) is 12.3. The molecule has 1 aromatic carbocycles. The van der Waals surface area contributed by atoms with Crippen molar-refractivity contribution >= 4 is 5.69 Å². The second kappa shape index (κ2) is 4.67. The number of hydrogen-bond donors (Lipinski definition) is 1. The van der Waals surface area contributed by atoms with Crippen LogP contribution in [0.1, 0.15) is 12.6 Å². The molecule has 2 nitrogen and oxygen atoms in total. The SMILES string of the molecule is CC#Cc1ncc(-c2ccc(F)cc2)cc1N. The Hall–Kier alpha value is -2.34. The van der Waals surface area contributed by atoms with Crippen LogP contribution in [-0.4, -0.2) is 4.98 Å². The minimum atomic E-state index is -0.261. The van der Waals surface area contributed by atoms with Crippen LogP contribution in [0.4, 0.5) is 10.1 Å². The maximum atomic E-state index is 12.8. The molecule has 0 saturated carbocycles. The summed E-state index contributed by atoms with van der Waals surface area (Å²) in [6.07, 6.45) is 1.68. The highest BCUT2D eigenvalue weighted by molar-refractivity contribution is 5.68. The number of halogens is 1. The van der Waals surface area contributed by atoms with Gasteiger partial charge in [-0.25, -0.2) is 9.37 Å². The molecule has 3 heteroatoms. The van der Waals surface area contributed by atoms with E-state index in [9.17, 15) is 4.39 Å². The zero-order valence-electron chi connectivity index (χ0n) is 9.37. The van der Waals surface area contributed by atoms with E-state index in [1.54, 1.807) is 31.3 Å². The van der Waals surface area contributed by atoms with Gasteiger partial charge in [-0.15, -0.1) is 0 Å². The highest BCUT2D eigenvalue weighted by Crippen LogP contribution is 2.22. The minimum absolute atomic E-state index is 0.261. The second-order valence-corrected chi connectivity index (χ2v) is 3.54. The van der Waals surface area contributed by atoms with Gasteiger partial charge in [0.15, 0.2) is 0 Å². The van der Waals surface area contributed by atoms with E-state index < -0.39 is 0 Å². The van der Waals surface area contributed by atoms with Crippen molar-refractivity contribution in [2.45, 2.75) is 6.92 Å². The van der Waals surface area contributed by atoms with Crippen LogP contribution >= 0.6 is 0 Å². The third kappa shape index (κ3) is 2.43. The molecule has 0 fully saturated rings. The van der Waals surface area contributed by atoms with Crippen molar-refractivity contribution in [3.8, 4) is 23.0 Å². The zero-order valence-corrected chi connectivity index (χ0v) is 9.37. The molecule has 84 valence electrons. The number of pyridine rings is 1. The molecule has 1 aromatic heterocycles. The Labute approximate surface area is 99.3 Å². The van der Waals surface area contributed by atoms with Crippen molar-refractivity contribution in [1.29, 1.82) is 0 Å². The number of nitrogens with zero attached hydrogens (tertiary/aromatic N) is 1. The van der Waals surface area contributed by atoms with E-state index in [1.165, 1.54) is 12.1 Å². The summed E-state index contributed by atoms with van der Waals surface area (Å²) in [5.74, 6) is 5.31. The average Bonchev–Trinajstić information content (AvgIpc) is 2.33. The lowest BCUT2D eigenvalue weighted by Gasteiger charge is -2.03. The number of hydrogen-bond acceptors (Lipinski definition) is 2. The third-order valence-corrected chi connectivity index (χ3v) is 2.34. The summed E-state index contributed by atoms with van der Waals surface area (Å²) in [5.41, 5.74) is 8.66. The van der Waals surface area contributed by atoms with Crippen LogP contribution in [0, 0.1) is 17.7 Å². The van der Waals surface area contributed by atoms with Gasteiger partial charge in [0.1, 0.15) is 11.5 Å². The lowest BCUT2D eigenvalue weighted by molar-refractivity contribution is 0.628. The molecular formula is C14H11FN2. The van der Waals surface area contributed by atoms with Gasteiger partial charge in [0, 0.05) is 11.8 Å². The van der Waals surface area contributed by atoms with E-state index in [0.29, 0.717) is 11.4 Å². The normalized spacial score (nSPS) is 9.53. The lowest BCUT2D eigenvalue weighted by atomic mass is 10.1.